The van der Waals surface area contributed by atoms with Crippen LogP contribution in [0.2, 0.25) is 0 Å². The molecule has 6 nitrogen and oxygen atoms in total. The Morgan fingerprint density at radius 3 is 2.17 bits per heavy atom. The highest BCUT2D eigenvalue weighted by atomic mass is 16.5. The maximum absolute atomic E-state index is 10.9. The number of nitrogens with one attached hydrogen (secondary N) is 2. The summed E-state index contributed by atoms with van der Waals surface area (Å²) >= 11 is 0. The van der Waals surface area contributed by atoms with E-state index in [9.17, 15) is 15.3 Å². The zero-order valence-electron chi connectivity index (χ0n) is 22.9. The fourth-order valence-corrected chi connectivity index (χ4v) is 4.89. The molecule has 0 aliphatic carbocycles. The second-order valence-corrected chi connectivity index (χ2v) is 9.89. The molecule has 0 saturated carbocycles. The number of ether oxygens (including phenoxy) is 1. The molecular formula is C35H34N2O4. The third kappa shape index (κ3) is 7.06. The summed E-state index contributed by atoms with van der Waals surface area (Å²) in [6.45, 7) is 1.06. The first-order chi connectivity index (χ1) is 20.0. The summed E-state index contributed by atoms with van der Waals surface area (Å²) in [5, 5.41) is 37.6. The van der Waals surface area contributed by atoms with Crippen LogP contribution in [-0.2, 0) is 6.42 Å². The Morgan fingerprint density at radius 1 is 0.683 bits per heavy atom. The normalized spacial score (nSPS) is 11.7. The first kappa shape index (κ1) is 27.8. The monoisotopic (exact) mass is 546 g/mol. The summed E-state index contributed by atoms with van der Waals surface area (Å²) in [4.78, 5) is 0. The van der Waals surface area contributed by atoms with Gasteiger partial charge >= 0.3 is 0 Å². The molecule has 0 fully saturated rings. The Labute approximate surface area is 240 Å². The maximum Gasteiger partial charge on any atom is 0.126 e. The van der Waals surface area contributed by atoms with Crippen LogP contribution >= 0.6 is 0 Å². The number of rotatable bonds is 11. The van der Waals surface area contributed by atoms with Gasteiger partial charge in [-0.3, -0.25) is 0 Å². The molecule has 6 heteroatoms. The number of aliphatic hydroxyl groups is 1. The van der Waals surface area contributed by atoms with Gasteiger partial charge in [-0.15, -0.1) is 0 Å². The quantitative estimate of drug-likeness (QED) is 0.114. The number of methoxy groups -OCH3 is 1. The number of phenols is 2. The number of anilines is 2. The van der Waals surface area contributed by atoms with Gasteiger partial charge in [-0.2, -0.15) is 0 Å². The van der Waals surface area contributed by atoms with E-state index in [1.165, 1.54) is 5.56 Å². The lowest BCUT2D eigenvalue weighted by molar-refractivity contribution is 0.175. The summed E-state index contributed by atoms with van der Waals surface area (Å²) in [5.41, 5.74) is 7.39. The number of hydrogen-bond donors (Lipinski definition) is 5. The lowest BCUT2D eigenvalue weighted by Gasteiger charge is -2.17. The van der Waals surface area contributed by atoms with Crippen molar-refractivity contribution in [3.8, 4) is 39.5 Å². The van der Waals surface area contributed by atoms with Gasteiger partial charge in [0, 0.05) is 23.5 Å². The van der Waals surface area contributed by atoms with Gasteiger partial charge < -0.3 is 30.7 Å². The second-order valence-electron chi connectivity index (χ2n) is 9.89. The molecule has 0 aliphatic rings. The molecule has 208 valence electrons. The molecule has 5 rings (SSSR count). The van der Waals surface area contributed by atoms with Gasteiger partial charge in [-0.25, -0.2) is 0 Å². The van der Waals surface area contributed by atoms with Crippen LogP contribution in [0.25, 0.3) is 22.3 Å². The Hall–Kier alpha value is -4.78. The van der Waals surface area contributed by atoms with E-state index < -0.39 is 6.10 Å². The minimum atomic E-state index is -0.773. The van der Waals surface area contributed by atoms with Crippen LogP contribution in [-0.4, -0.2) is 35.5 Å². The lowest BCUT2D eigenvalue weighted by atomic mass is 9.95. The van der Waals surface area contributed by atoms with Crippen molar-refractivity contribution in [2.45, 2.75) is 12.5 Å². The molecule has 1 atom stereocenters. The van der Waals surface area contributed by atoms with Gasteiger partial charge in [0.2, 0.25) is 0 Å². The molecule has 0 saturated heterocycles. The molecule has 0 aromatic heterocycles. The van der Waals surface area contributed by atoms with Gasteiger partial charge in [0.05, 0.1) is 13.2 Å². The van der Waals surface area contributed by atoms with Crippen molar-refractivity contribution in [2.24, 2.45) is 0 Å². The van der Waals surface area contributed by atoms with E-state index in [2.05, 4.69) is 53.1 Å². The van der Waals surface area contributed by atoms with E-state index >= 15 is 0 Å². The number of benzene rings is 5. The van der Waals surface area contributed by atoms with Crippen molar-refractivity contribution in [2.75, 3.05) is 25.5 Å². The largest absolute Gasteiger partial charge is 0.508 e. The average Bonchev–Trinajstić information content (AvgIpc) is 3.00. The standard InChI is InChI=1S/C35H34N2O4/c1-41-35-17-14-28(21-33(35)25-6-3-2-4-7-25)37-27-12-10-24(11-13-27)18-19-36-23-34(40)31-16-15-30(39)22-32(31)26-8-5-9-29(38)20-26/h2-17,20-22,34,36-40H,18-19,23H2,1H3. The molecule has 1 unspecified atom stereocenters. The summed E-state index contributed by atoms with van der Waals surface area (Å²) in [7, 11) is 1.69. The van der Waals surface area contributed by atoms with Crippen LogP contribution < -0.4 is 15.4 Å². The number of aromatic hydroxyl groups is 2. The van der Waals surface area contributed by atoms with Crippen molar-refractivity contribution in [3.63, 3.8) is 0 Å². The van der Waals surface area contributed by atoms with Gasteiger partial charge in [0.25, 0.3) is 0 Å². The smallest absolute Gasteiger partial charge is 0.126 e. The molecule has 5 aromatic rings. The Kier molecular flexibility index (Phi) is 8.84. The summed E-state index contributed by atoms with van der Waals surface area (Å²) < 4.78 is 5.57. The minimum Gasteiger partial charge on any atom is -0.508 e. The molecule has 0 amide bonds. The van der Waals surface area contributed by atoms with Crippen LogP contribution in [0.15, 0.2) is 115 Å². The van der Waals surface area contributed by atoms with Crippen LogP contribution in [0, 0.1) is 0 Å². The van der Waals surface area contributed by atoms with Crippen molar-refractivity contribution in [1.82, 2.24) is 5.32 Å². The number of hydrogen-bond acceptors (Lipinski definition) is 6. The van der Waals surface area contributed by atoms with Gasteiger partial charge in [-0.05, 0) is 95.4 Å². The molecular weight excluding hydrogens is 512 g/mol. The van der Waals surface area contributed by atoms with Gasteiger partial charge in [0.1, 0.15) is 17.2 Å². The topological polar surface area (TPSA) is 94.0 Å². The van der Waals surface area contributed by atoms with Crippen LogP contribution in [0.3, 0.4) is 0 Å². The van der Waals surface area contributed by atoms with Crippen molar-refractivity contribution in [3.05, 3.63) is 126 Å². The maximum atomic E-state index is 10.9. The lowest BCUT2D eigenvalue weighted by Crippen LogP contribution is -2.24. The summed E-state index contributed by atoms with van der Waals surface area (Å²) in [6, 6.07) is 36.3. The molecule has 0 heterocycles. The summed E-state index contributed by atoms with van der Waals surface area (Å²) in [6.07, 6.45) is 0.0349. The molecule has 5 N–H and O–H groups in total. The molecule has 41 heavy (non-hydrogen) atoms. The van der Waals surface area contributed by atoms with E-state index in [4.69, 9.17) is 4.74 Å². The highest BCUT2D eigenvalue weighted by Gasteiger charge is 2.15. The molecule has 5 aromatic carbocycles. The first-order valence-electron chi connectivity index (χ1n) is 13.6. The van der Waals surface area contributed by atoms with Crippen LogP contribution in [0.1, 0.15) is 17.2 Å². The van der Waals surface area contributed by atoms with Gasteiger partial charge in [0.15, 0.2) is 0 Å². The second kappa shape index (κ2) is 13.0. The van der Waals surface area contributed by atoms with Crippen LogP contribution in [0.5, 0.6) is 17.2 Å². The van der Waals surface area contributed by atoms with E-state index in [1.807, 2.05) is 36.4 Å². The average molecular weight is 547 g/mol. The third-order valence-corrected chi connectivity index (χ3v) is 7.01. The predicted octanol–water partition coefficient (Wildman–Crippen LogP) is 7.05. The Balaban J connectivity index is 1.16. The molecule has 0 radical (unpaired) electrons. The highest BCUT2D eigenvalue weighted by Crippen LogP contribution is 2.34. The highest BCUT2D eigenvalue weighted by molar-refractivity contribution is 5.76. The van der Waals surface area contributed by atoms with E-state index in [0.29, 0.717) is 24.2 Å². The molecule has 0 spiro atoms. The zero-order valence-corrected chi connectivity index (χ0v) is 22.9. The fraction of sp³-hybridized carbons (Fsp3) is 0.143. The minimum absolute atomic E-state index is 0.105. The van der Waals surface area contributed by atoms with Crippen LogP contribution in [0.4, 0.5) is 11.4 Å². The zero-order chi connectivity index (χ0) is 28.6. The fourth-order valence-electron chi connectivity index (χ4n) is 4.89. The summed E-state index contributed by atoms with van der Waals surface area (Å²) in [5.74, 6) is 1.07. The Morgan fingerprint density at radius 2 is 1.41 bits per heavy atom. The molecule has 0 bridgehead atoms. The SMILES string of the molecule is COc1ccc(Nc2ccc(CCNCC(O)c3ccc(O)cc3-c3cccc(O)c3)cc2)cc1-c1ccccc1. The van der Waals surface area contributed by atoms with E-state index in [1.54, 1.807) is 43.5 Å². The predicted molar refractivity (Wildman–Crippen MR) is 165 cm³/mol. The van der Waals surface area contributed by atoms with E-state index in [-0.39, 0.29) is 11.5 Å². The number of aliphatic hydroxyl groups excluding tert-OH is 1. The van der Waals surface area contributed by atoms with Crippen molar-refractivity contribution < 1.29 is 20.1 Å². The van der Waals surface area contributed by atoms with E-state index in [0.717, 1.165) is 40.2 Å². The third-order valence-electron chi connectivity index (χ3n) is 7.01. The molecule has 0 aliphatic heterocycles. The Bertz CT molecular complexity index is 1590. The first-order valence-corrected chi connectivity index (χ1v) is 13.6. The van der Waals surface area contributed by atoms with Crippen molar-refractivity contribution >= 4 is 11.4 Å². The van der Waals surface area contributed by atoms with Gasteiger partial charge in [-0.1, -0.05) is 60.7 Å². The number of phenolic OH excluding ortho intramolecular Hbond substituents is 2. The van der Waals surface area contributed by atoms with Crippen molar-refractivity contribution in [1.29, 1.82) is 0 Å².